The predicted octanol–water partition coefficient (Wildman–Crippen LogP) is 1.75. The van der Waals surface area contributed by atoms with Gasteiger partial charge in [-0.25, -0.2) is 0 Å². The van der Waals surface area contributed by atoms with Gasteiger partial charge < -0.3 is 15.8 Å². The third-order valence-electron chi connectivity index (χ3n) is 2.17. The zero-order valence-corrected chi connectivity index (χ0v) is 11.6. The Morgan fingerprint density at radius 3 is 2.94 bits per heavy atom. The molecule has 0 heterocycles. The highest BCUT2D eigenvalue weighted by molar-refractivity contribution is 9.10. The molecule has 3 N–H and O–H groups in total. The first-order valence-electron chi connectivity index (χ1n) is 5.36. The Morgan fingerprint density at radius 1 is 1.61 bits per heavy atom. The molecule has 0 saturated heterocycles. The van der Waals surface area contributed by atoms with Gasteiger partial charge in [0.05, 0.1) is 18.2 Å². The summed E-state index contributed by atoms with van der Waals surface area (Å²) in [6.45, 7) is 2.07. The van der Waals surface area contributed by atoms with Crippen molar-refractivity contribution in [3.8, 4) is 11.8 Å². The van der Waals surface area contributed by atoms with Crippen molar-refractivity contribution in [2.75, 3.05) is 18.9 Å². The molecule has 0 radical (unpaired) electrons. The van der Waals surface area contributed by atoms with Crippen molar-refractivity contribution < 1.29 is 9.53 Å². The molecule has 18 heavy (non-hydrogen) atoms. The van der Waals surface area contributed by atoms with E-state index < -0.39 is 0 Å². The lowest BCUT2D eigenvalue weighted by molar-refractivity contribution is -0.123. The van der Waals surface area contributed by atoms with Crippen LogP contribution in [0.25, 0.3) is 0 Å². The summed E-state index contributed by atoms with van der Waals surface area (Å²) < 4.78 is 6.24. The molecule has 1 amide bonds. The van der Waals surface area contributed by atoms with Gasteiger partial charge in [-0.15, -0.1) is 0 Å². The Morgan fingerprint density at radius 2 is 2.33 bits per heavy atom. The minimum absolute atomic E-state index is 0.113. The smallest absolute Gasteiger partial charge is 0.257 e. The molecule has 1 rings (SSSR count). The molecule has 0 bridgehead atoms. The molecular formula is C12H14BrN3O2. The monoisotopic (exact) mass is 311 g/mol. The number of carbonyl (C=O) groups is 1. The van der Waals surface area contributed by atoms with E-state index >= 15 is 0 Å². The summed E-state index contributed by atoms with van der Waals surface area (Å²) in [5, 5.41) is 10.9. The maximum absolute atomic E-state index is 11.4. The number of benzene rings is 1. The molecule has 0 spiro atoms. The fourth-order valence-corrected chi connectivity index (χ4v) is 1.99. The van der Waals surface area contributed by atoms with Gasteiger partial charge >= 0.3 is 0 Å². The van der Waals surface area contributed by atoms with E-state index in [9.17, 15) is 4.79 Å². The summed E-state index contributed by atoms with van der Waals surface area (Å²) in [7, 11) is 0. The van der Waals surface area contributed by atoms with Crippen LogP contribution in [-0.2, 0) is 4.79 Å². The second-order valence-electron chi connectivity index (χ2n) is 3.69. The van der Waals surface area contributed by atoms with Crippen molar-refractivity contribution >= 4 is 27.5 Å². The maximum atomic E-state index is 11.4. The quantitative estimate of drug-likeness (QED) is 0.640. The van der Waals surface area contributed by atoms with Crippen LogP contribution in [0.4, 0.5) is 5.69 Å². The molecule has 5 nitrogen and oxygen atoms in total. The second-order valence-corrected chi connectivity index (χ2v) is 4.60. The molecular weight excluding hydrogens is 298 g/mol. The van der Waals surface area contributed by atoms with Crippen LogP contribution in [0, 0.1) is 18.3 Å². The normalized spacial score (nSPS) is 9.61. The Labute approximate surface area is 114 Å². The third-order valence-corrected chi connectivity index (χ3v) is 2.63. The van der Waals surface area contributed by atoms with Crippen LogP contribution in [0.1, 0.15) is 12.0 Å². The number of anilines is 1. The van der Waals surface area contributed by atoms with Crippen molar-refractivity contribution in [2.45, 2.75) is 13.3 Å². The van der Waals surface area contributed by atoms with Crippen LogP contribution in [0.5, 0.6) is 5.75 Å². The van der Waals surface area contributed by atoms with Crippen LogP contribution in [0.3, 0.4) is 0 Å². The topological polar surface area (TPSA) is 88.1 Å². The van der Waals surface area contributed by atoms with Crippen LogP contribution in [0.2, 0.25) is 0 Å². The molecule has 1 aromatic carbocycles. The average Bonchev–Trinajstić information content (AvgIpc) is 2.27. The summed E-state index contributed by atoms with van der Waals surface area (Å²) >= 11 is 3.32. The first-order valence-corrected chi connectivity index (χ1v) is 6.16. The first-order chi connectivity index (χ1) is 8.54. The average molecular weight is 312 g/mol. The lowest BCUT2D eigenvalue weighted by Gasteiger charge is -2.12. The van der Waals surface area contributed by atoms with E-state index in [1.807, 2.05) is 19.1 Å². The van der Waals surface area contributed by atoms with Gasteiger partial charge in [0, 0.05) is 11.0 Å². The summed E-state index contributed by atoms with van der Waals surface area (Å²) in [5.41, 5.74) is 7.13. The first kappa shape index (κ1) is 14.3. The van der Waals surface area contributed by atoms with Crippen LogP contribution in [-0.4, -0.2) is 19.1 Å². The molecule has 0 unspecified atom stereocenters. The number of halogens is 1. The molecule has 0 aliphatic rings. The Hall–Kier alpha value is -1.74. The van der Waals surface area contributed by atoms with Crippen LogP contribution >= 0.6 is 15.9 Å². The van der Waals surface area contributed by atoms with Gasteiger partial charge in [0.15, 0.2) is 6.61 Å². The van der Waals surface area contributed by atoms with E-state index in [-0.39, 0.29) is 18.9 Å². The summed E-state index contributed by atoms with van der Waals surface area (Å²) in [5.74, 6) is 0.237. The van der Waals surface area contributed by atoms with Gasteiger partial charge in [0.25, 0.3) is 5.91 Å². The van der Waals surface area contributed by atoms with Crippen molar-refractivity contribution in [1.29, 1.82) is 5.26 Å². The lowest BCUT2D eigenvalue weighted by Crippen LogP contribution is -2.29. The van der Waals surface area contributed by atoms with E-state index in [0.29, 0.717) is 18.0 Å². The Bertz CT molecular complexity index is 460. The fraction of sp³-hybridized carbons (Fsp3) is 0.333. The number of aryl methyl sites for hydroxylation is 1. The highest BCUT2D eigenvalue weighted by atomic mass is 79.9. The zero-order chi connectivity index (χ0) is 13.5. The number of hydrogen-bond acceptors (Lipinski definition) is 4. The summed E-state index contributed by atoms with van der Waals surface area (Å²) in [6.07, 6.45) is 0.283. The maximum Gasteiger partial charge on any atom is 0.257 e. The van der Waals surface area contributed by atoms with Gasteiger partial charge in [0.2, 0.25) is 0 Å². The molecule has 0 saturated carbocycles. The SMILES string of the molecule is Cc1cc(Br)cc(N)c1OCC(=O)NCCC#N. The van der Waals surface area contributed by atoms with Crippen molar-refractivity contribution in [3.05, 3.63) is 22.2 Å². The number of nitriles is 1. The van der Waals surface area contributed by atoms with Crippen molar-refractivity contribution in [2.24, 2.45) is 0 Å². The standard InChI is InChI=1S/C12H14BrN3O2/c1-8-5-9(13)6-10(15)12(8)18-7-11(17)16-4-2-3-14/h5-6H,2,4,7,15H2,1H3,(H,16,17). The van der Waals surface area contributed by atoms with E-state index in [1.54, 1.807) is 6.07 Å². The molecule has 96 valence electrons. The highest BCUT2D eigenvalue weighted by Gasteiger charge is 2.08. The Balaban J connectivity index is 2.54. The second kappa shape index (κ2) is 6.87. The van der Waals surface area contributed by atoms with Crippen molar-refractivity contribution in [3.63, 3.8) is 0 Å². The number of ether oxygens (including phenoxy) is 1. The Kier molecular flexibility index (Phi) is 5.46. The number of nitrogens with two attached hydrogens (primary N) is 1. The van der Waals surface area contributed by atoms with Crippen LogP contribution in [0.15, 0.2) is 16.6 Å². The molecule has 6 heteroatoms. The van der Waals surface area contributed by atoms with Crippen LogP contribution < -0.4 is 15.8 Å². The molecule has 0 aliphatic carbocycles. The number of hydrogen-bond donors (Lipinski definition) is 2. The predicted molar refractivity (Wildman–Crippen MR) is 72.0 cm³/mol. The van der Waals surface area contributed by atoms with Gasteiger partial charge in [-0.05, 0) is 24.6 Å². The molecule has 0 aromatic heterocycles. The number of carbonyl (C=O) groups excluding carboxylic acids is 1. The lowest BCUT2D eigenvalue weighted by atomic mass is 10.2. The third kappa shape index (κ3) is 4.26. The zero-order valence-electron chi connectivity index (χ0n) is 10.00. The van der Waals surface area contributed by atoms with Crippen molar-refractivity contribution in [1.82, 2.24) is 5.32 Å². The molecule has 0 atom stereocenters. The van der Waals surface area contributed by atoms with E-state index in [2.05, 4.69) is 21.2 Å². The van der Waals surface area contributed by atoms with E-state index in [4.69, 9.17) is 15.7 Å². The molecule has 0 fully saturated rings. The summed E-state index contributed by atoms with van der Waals surface area (Å²) in [6, 6.07) is 5.52. The molecule has 1 aromatic rings. The van der Waals surface area contributed by atoms with Gasteiger partial charge in [-0.3, -0.25) is 4.79 Å². The number of nitrogens with one attached hydrogen (secondary N) is 1. The highest BCUT2D eigenvalue weighted by Crippen LogP contribution is 2.29. The minimum atomic E-state index is -0.271. The minimum Gasteiger partial charge on any atom is -0.481 e. The number of rotatable bonds is 5. The van der Waals surface area contributed by atoms with E-state index in [0.717, 1.165) is 10.0 Å². The number of nitrogens with zero attached hydrogens (tertiary/aromatic N) is 1. The number of nitrogen functional groups attached to an aromatic ring is 1. The fourth-order valence-electron chi connectivity index (χ4n) is 1.40. The van der Waals surface area contributed by atoms with Gasteiger partial charge in [0.1, 0.15) is 5.75 Å². The van der Waals surface area contributed by atoms with Gasteiger partial charge in [-0.2, -0.15) is 5.26 Å². The molecule has 0 aliphatic heterocycles. The number of amides is 1. The largest absolute Gasteiger partial charge is 0.481 e. The van der Waals surface area contributed by atoms with Gasteiger partial charge in [-0.1, -0.05) is 15.9 Å². The summed E-state index contributed by atoms with van der Waals surface area (Å²) in [4.78, 5) is 11.4. The van der Waals surface area contributed by atoms with E-state index in [1.165, 1.54) is 0 Å².